The molecule has 0 fully saturated rings. The van der Waals surface area contributed by atoms with Crippen LogP contribution in [-0.4, -0.2) is 53.9 Å². The molecule has 0 heterocycles. The monoisotopic (exact) mass is 560 g/mol. The summed E-state index contributed by atoms with van der Waals surface area (Å²) in [5.41, 5.74) is -1.13. The van der Waals surface area contributed by atoms with Gasteiger partial charge in [0.2, 0.25) is 3.79 Å². The lowest BCUT2D eigenvalue weighted by Gasteiger charge is -2.40. The summed E-state index contributed by atoms with van der Waals surface area (Å²) in [7, 11) is -2.20. The van der Waals surface area contributed by atoms with Crippen LogP contribution in [0.25, 0.3) is 0 Å². The molecule has 1 N–H and O–H groups in total. The highest BCUT2D eigenvalue weighted by molar-refractivity contribution is 6.73. The maximum Gasteiger partial charge on any atom is 0.508 e. The third-order valence-electron chi connectivity index (χ3n) is 6.37. The van der Waals surface area contributed by atoms with Crippen LogP contribution >= 0.6 is 34.8 Å². The number of carbonyl (C=O) groups is 3. The zero-order valence-corrected chi connectivity index (χ0v) is 24.3. The molecule has 0 spiro atoms. The van der Waals surface area contributed by atoms with E-state index in [9.17, 15) is 19.5 Å². The maximum atomic E-state index is 13.5. The molecule has 34 heavy (non-hydrogen) atoms. The Morgan fingerprint density at radius 1 is 1.06 bits per heavy atom. The molecule has 0 saturated carbocycles. The summed E-state index contributed by atoms with van der Waals surface area (Å²) in [5.74, 6) is -1.58. The Bertz CT molecular complexity index is 682. The largest absolute Gasteiger partial charge is 0.508 e. The normalized spacial score (nSPS) is 15.2. The highest BCUT2D eigenvalue weighted by Gasteiger charge is 2.44. The van der Waals surface area contributed by atoms with Gasteiger partial charge in [-0.1, -0.05) is 82.4 Å². The lowest BCUT2D eigenvalue weighted by molar-refractivity contribution is -0.144. The zero-order chi connectivity index (χ0) is 26.7. The van der Waals surface area contributed by atoms with Crippen molar-refractivity contribution in [2.75, 3.05) is 6.61 Å². The summed E-state index contributed by atoms with van der Waals surface area (Å²) in [6, 6.07) is 2.45. The van der Waals surface area contributed by atoms with E-state index in [1.165, 1.54) is 0 Å². The molecule has 0 amide bonds. The predicted octanol–water partition coefficient (Wildman–Crippen LogP) is 6.94. The molecular weight excluding hydrogens is 523 g/mol. The van der Waals surface area contributed by atoms with Crippen LogP contribution in [0.2, 0.25) is 18.1 Å². The van der Waals surface area contributed by atoms with Gasteiger partial charge in [0.05, 0.1) is 12.5 Å². The minimum Gasteiger partial charge on any atom is -0.481 e. The topological polar surface area (TPSA) is 99.1 Å². The Balaban J connectivity index is 5.77. The van der Waals surface area contributed by atoms with Crippen LogP contribution < -0.4 is 0 Å². The van der Waals surface area contributed by atoms with E-state index in [4.69, 9.17) is 48.7 Å². The maximum absolute atomic E-state index is 13.5. The first-order valence-corrected chi connectivity index (χ1v) is 15.2. The summed E-state index contributed by atoms with van der Waals surface area (Å²) in [6.07, 6.45) is -1.04. The molecule has 0 unspecified atom stereocenters. The molecule has 0 rings (SSSR count). The van der Waals surface area contributed by atoms with Crippen LogP contribution in [0.1, 0.15) is 60.8 Å². The molecule has 11 heteroatoms. The molecule has 0 bridgehead atoms. The van der Waals surface area contributed by atoms with Gasteiger partial charge < -0.3 is 19.0 Å². The number of carboxylic acid groups (broad SMARTS) is 1. The Hall–Kier alpha value is -0.803. The average Bonchev–Trinajstić information content (AvgIpc) is 2.74. The smallest absolute Gasteiger partial charge is 0.481 e. The van der Waals surface area contributed by atoms with Crippen LogP contribution in [-0.2, 0) is 23.5 Å². The first-order valence-electron chi connectivity index (χ1n) is 11.5. The van der Waals surface area contributed by atoms with Crippen molar-refractivity contribution in [2.24, 2.45) is 11.3 Å². The number of carboxylic acids is 1. The second-order valence-corrected chi connectivity index (χ2v) is 16.3. The highest BCUT2D eigenvalue weighted by atomic mass is 35.6. The molecule has 3 atom stereocenters. The quantitative estimate of drug-likeness (QED) is 0.0942. The van der Waals surface area contributed by atoms with E-state index in [1.807, 2.05) is 27.7 Å². The van der Waals surface area contributed by atoms with Gasteiger partial charge in [0.25, 0.3) is 0 Å². The molecule has 0 aliphatic rings. The second-order valence-electron chi connectivity index (χ2n) is 9.11. The van der Waals surface area contributed by atoms with Crippen molar-refractivity contribution in [3.8, 4) is 0 Å². The third-order valence-corrected chi connectivity index (χ3v) is 11.3. The molecule has 0 saturated heterocycles. The number of aliphatic carboxylic acids is 1. The highest BCUT2D eigenvalue weighted by Crippen LogP contribution is 2.36. The van der Waals surface area contributed by atoms with Crippen molar-refractivity contribution in [1.82, 2.24) is 0 Å². The average molecular weight is 562 g/mol. The van der Waals surface area contributed by atoms with Crippen molar-refractivity contribution in [3.63, 3.8) is 0 Å². The summed E-state index contributed by atoms with van der Waals surface area (Å²) < 4.78 is 14.9. The predicted molar refractivity (Wildman–Crippen MR) is 138 cm³/mol. The van der Waals surface area contributed by atoms with E-state index in [2.05, 4.69) is 6.58 Å². The molecule has 0 aromatic carbocycles. The van der Waals surface area contributed by atoms with Crippen LogP contribution in [0.3, 0.4) is 0 Å². The third kappa shape index (κ3) is 11.3. The SMILES string of the molecule is C=CC[C@H](C)[C@@H](CC(=O)C(C)(C)[C@H](CC(=O)O)O[Si](CC)(CC)CC)OC(=O)OCC(Cl)(Cl)Cl. The van der Waals surface area contributed by atoms with Crippen molar-refractivity contribution < 1.29 is 33.4 Å². The zero-order valence-electron chi connectivity index (χ0n) is 21.0. The Kier molecular flexibility index (Phi) is 14.3. The summed E-state index contributed by atoms with van der Waals surface area (Å²) in [4.78, 5) is 37.3. The number of halogens is 3. The van der Waals surface area contributed by atoms with Gasteiger partial charge in [-0.2, -0.15) is 0 Å². The lowest BCUT2D eigenvalue weighted by atomic mass is 9.77. The van der Waals surface area contributed by atoms with E-state index >= 15 is 0 Å². The Labute approximate surface area is 219 Å². The van der Waals surface area contributed by atoms with Crippen molar-refractivity contribution in [2.45, 2.75) is 94.9 Å². The van der Waals surface area contributed by atoms with Crippen LogP contribution in [0.15, 0.2) is 12.7 Å². The van der Waals surface area contributed by atoms with Gasteiger partial charge >= 0.3 is 12.1 Å². The van der Waals surface area contributed by atoms with Gasteiger partial charge in [-0.25, -0.2) is 4.79 Å². The summed E-state index contributed by atoms with van der Waals surface area (Å²) in [5, 5.41) is 9.52. The van der Waals surface area contributed by atoms with Crippen molar-refractivity contribution >= 4 is 61.0 Å². The van der Waals surface area contributed by atoms with Gasteiger partial charge in [-0.15, -0.1) is 6.58 Å². The minimum absolute atomic E-state index is 0.150. The van der Waals surface area contributed by atoms with Gasteiger partial charge in [0.1, 0.15) is 18.5 Å². The van der Waals surface area contributed by atoms with E-state index in [0.29, 0.717) is 6.42 Å². The summed E-state index contributed by atoms with van der Waals surface area (Å²) in [6.45, 7) is 14.5. The fourth-order valence-electron chi connectivity index (χ4n) is 3.60. The molecule has 0 radical (unpaired) electrons. The first-order chi connectivity index (χ1) is 15.6. The number of allylic oxidation sites excluding steroid dienone is 1. The number of ether oxygens (including phenoxy) is 2. The Morgan fingerprint density at radius 2 is 1.59 bits per heavy atom. The molecular formula is C23H39Cl3O7Si. The second kappa shape index (κ2) is 14.7. The van der Waals surface area contributed by atoms with Gasteiger partial charge in [0.15, 0.2) is 8.32 Å². The number of carbonyl (C=O) groups excluding carboxylic acids is 2. The summed E-state index contributed by atoms with van der Waals surface area (Å²) >= 11 is 16.8. The van der Waals surface area contributed by atoms with E-state index in [1.54, 1.807) is 19.9 Å². The molecule has 0 aliphatic heterocycles. The van der Waals surface area contributed by atoms with E-state index in [0.717, 1.165) is 18.1 Å². The molecule has 198 valence electrons. The van der Waals surface area contributed by atoms with E-state index in [-0.39, 0.29) is 24.5 Å². The van der Waals surface area contributed by atoms with Crippen LogP contribution in [0.4, 0.5) is 4.79 Å². The molecule has 0 aromatic heterocycles. The number of Topliss-reactive ketones (excluding diaryl/α,β-unsaturated/α-hetero) is 1. The fraction of sp³-hybridized carbons (Fsp3) is 0.783. The van der Waals surface area contributed by atoms with Gasteiger partial charge in [-0.3, -0.25) is 9.59 Å². The number of hydrogen-bond acceptors (Lipinski definition) is 6. The standard InChI is InChI=1S/C23H39Cl3O7Si/c1-8-12-16(5)17(32-21(30)31-15-23(24,25)26)13-18(27)22(6,7)19(14-20(28)29)33-34(9-2,10-3)11-4/h8,16-17,19H,1,9-15H2,2-7H3,(H,28,29)/t16-,17+,19-/m0/s1. The number of hydrogen-bond donors (Lipinski definition) is 1. The fourth-order valence-corrected chi connectivity index (χ4v) is 6.75. The van der Waals surface area contributed by atoms with Gasteiger partial charge in [-0.05, 0) is 30.5 Å². The number of ketones is 1. The number of alkyl halides is 3. The Morgan fingerprint density at radius 3 is 2.00 bits per heavy atom. The van der Waals surface area contributed by atoms with Crippen LogP contribution in [0, 0.1) is 11.3 Å². The van der Waals surface area contributed by atoms with Gasteiger partial charge in [0, 0.05) is 11.8 Å². The molecule has 7 nitrogen and oxygen atoms in total. The molecule has 0 aromatic rings. The first kappa shape index (κ1) is 33.2. The molecule has 0 aliphatic carbocycles. The minimum atomic E-state index is -2.20. The van der Waals surface area contributed by atoms with E-state index < -0.39 is 48.5 Å². The lowest BCUT2D eigenvalue weighted by Crippen LogP contribution is -2.49. The number of rotatable bonds is 16. The van der Waals surface area contributed by atoms with Crippen LogP contribution in [0.5, 0.6) is 0 Å². The van der Waals surface area contributed by atoms with Crippen molar-refractivity contribution in [3.05, 3.63) is 12.7 Å². The van der Waals surface area contributed by atoms with Crippen molar-refractivity contribution in [1.29, 1.82) is 0 Å².